The second-order valence-corrected chi connectivity index (χ2v) is 14.5. The minimum atomic E-state index is -0.749. The van der Waals surface area contributed by atoms with E-state index in [0.717, 1.165) is 0 Å². The monoisotopic (exact) mass is 806 g/mol. The Bertz CT molecular complexity index is 1140. The molecule has 4 rings (SSSR count). The third-order valence-electron chi connectivity index (χ3n) is 9.31. The van der Waals surface area contributed by atoms with Crippen LogP contribution in [-0.4, -0.2) is 150 Å². The first-order valence-electron chi connectivity index (χ1n) is 19.8. The Morgan fingerprint density at radius 2 is 0.893 bits per heavy atom. The fraction of sp³-hybridized carbons (Fsp3) is 0.895. The zero-order chi connectivity index (χ0) is 41.5. The van der Waals surface area contributed by atoms with E-state index in [0.29, 0.717) is 65.2 Å². The third-order valence-corrected chi connectivity index (χ3v) is 9.31. The first kappa shape index (κ1) is 47.9. The van der Waals surface area contributed by atoms with Crippen LogP contribution in [0.4, 0.5) is 0 Å². The molecule has 0 bridgehead atoms. The Hall–Kier alpha value is -2.52. The Kier molecular flexibility index (Phi) is 19.8. The zero-order valence-electron chi connectivity index (χ0n) is 34.8. The first-order chi connectivity index (χ1) is 26.6. The van der Waals surface area contributed by atoms with Gasteiger partial charge in [0.25, 0.3) is 0 Å². The highest BCUT2D eigenvalue weighted by Crippen LogP contribution is 2.41. The summed E-state index contributed by atoms with van der Waals surface area (Å²) < 4.78 is 66.8. The first-order valence-corrected chi connectivity index (χ1v) is 19.8. The molecule has 0 unspecified atom stereocenters. The Morgan fingerprint density at radius 3 is 1.21 bits per heavy atom. The van der Waals surface area contributed by atoms with Crippen molar-refractivity contribution < 1.29 is 76.0 Å². The lowest BCUT2D eigenvalue weighted by molar-refractivity contribution is -0.220. The maximum absolute atomic E-state index is 12.1. The highest BCUT2D eigenvalue weighted by molar-refractivity contribution is 5.71. The average molecular weight is 807 g/mol. The summed E-state index contributed by atoms with van der Waals surface area (Å²) in [6.45, 7) is 16.7. The Morgan fingerprint density at radius 1 is 0.554 bits per heavy atom. The molecule has 18 heteroatoms. The largest absolute Gasteiger partial charge is 0.466 e. The van der Waals surface area contributed by atoms with Gasteiger partial charge >= 0.3 is 23.9 Å². The number of carbonyl (C=O) groups is 4. The number of methoxy groups -OCH3 is 2. The molecule has 18 nitrogen and oxygen atoms in total. The number of hydrogen-bond acceptors (Lipinski definition) is 18. The van der Waals surface area contributed by atoms with Crippen LogP contribution >= 0.6 is 0 Å². The molecule has 10 atom stereocenters. The molecule has 4 saturated heterocycles. The van der Waals surface area contributed by atoms with E-state index in [9.17, 15) is 19.2 Å². The predicted octanol–water partition coefficient (Wildman–Crippen LogP) is 2.27. The van der Waals surface area contributed by atoms with Gasteiger partial charge in [0.05, 0.1) is 39.3 Å². The van der Waals surface area contributed by atoms with E-state index in [4.69, 9.17) is 56.8 Å². The van der Waals surface area contributed by atoms with Gasteiger partial charge in [0.2, 0.25) is 0 Å². The number of ether oxygens (including phenoxy) is 12. The molecule has 0 aromatic heterocycles. The minimum absolute atomic E-state index is 0.112. The molecule has 4 heterocycles. The van der Waals surface area contributed by atoms with Crippen LogP contribution in [0.3, 0.4) is 0 Å². The molecule has 0 amide bonds. The smallest absolute Gasteiger partial charge is 0.307 e. The third kappa shape index (κ3) is 14.4. The second kappa shape index (κ2) is 23.2. The van der Waals surface area contributed by atoms with E-state index in [1.54, 1.807) is 41.9 Å². The van der Waals surface area contributed by atoms with Gasteiger partial charge in [0, 0.05) is 39.1 Å². The van der Waals surface area contributed by atoms with Crippen LogP contribution in [0, 0.1) is 0 Å². The van der Waals surface area contributed by atoms with Crippen LogP contribution in [0.15, 0.2) is 0 Å². The summed E-state index contributed by atoms with van der Waals surface area (Å²) in [5, 5.41) is 6.60. The van der Waals surface area contributed by atoms with Crippen molar-refractivity contribution in [2.75, 3.05) is 53.7 Å². The van der Waals surface area contributed by atoms with Crippen LogP contribution in [0.25, 0.3) is 0 Å². The maximum atomic E-state index is 12.1. The topological polar surface area (TPSA) is 203 Å². The van der Waals surface area contributed by atoms with Gasteiger partial charge in [0.15, 0.2) is 24.2 Å². The van der Waals surface area contributed by atoms with Crippen molar-refractivity contribution in [2.24, 2.45) is 0 Å². The predicted molar refractivity (Wildman–Crippen MR) is 197 cm³/mol. The van der Waals surface area contributed by atoms with Crippen LogP contribution in [0.1, 0.15) is 93.9 Å². The molecule has 0 aromatic carbocycles. The van der Waals surface area contributed by atoms with Gasteiger partial charge in [-0.2, -0.15) is 0 Å². The summed E-state index contributed by atoms with van der Waals surface area (Å²) in [7, 11) is 3.17. The van der Waals surface area contributed by atoms with Gasteiger partial charge in [-0.3, -0.25) is 19.2 Å². The average Bonchev–Trinajstić information content (AvgIpc) is 3.81. The van der Waals surface area contributed by atoms with E-state index in [2.05, 4.69) is 10.6 Å². The summed E-state index contributed by atoms with van der Waals surface area (Å²) in [6.07, 6.45) is -1.60. The van der Waals surface area contributed by atoms with Gasteiger partial charge < -0.3 is 67.5 Å². The molecule has 0 spiro atoms. The highest BCUT2D eigenvalue weighted by atomic mass is 16.9. The normalized spacial score (nSPS) is 29.3. The SMILES string of the molecule is CCOC(=O)CCCN[C@@H](CC(=O)OCC)[C@H]1O[C@@H]2OC(C)(C)O[C@@H]2[C@H]1OC.CCOC(=O)CCCN[C@H](CC(=O)OCC)[C@H]1O[C@@H]2OC(C)(C)O[C@@H]2[C@H]1OC. The quantitative estimate of drug-likeness (QED) is 0.0915. The van der Waals surface area contributed by atoms with Crippen molar-refractivity contribution in [1.82, 2.24) is 10.6 Å². The van der Waals surface area contributed by atoms with Crippen molar-refractivity contribution >= 4 is 23.9 Å². The second-order valence-electron chi connectivity index (χ2n) is 14.5. The van der Waals surface area contributed by atoms with Gasteiger partial charge in [-0.25, -0.2) is 0 Å². The summed E-state index contributed by atoms with van der Waals surface area (Å²) in [5.74, 6) is -2.64. The van der Waals surface area contributed by atoms with Crippen LogP contribution in [0.2, 0.25) is 0 Å². The van der Waals surface area contributed by atoms with E-state index >= 15 is 0 Å². The van der Waals surface area contributed by atoms with Crippen molar-refractivity contribution in [2.45, 2.75) is 167 Å². The van der Waals surface area contributed by atoms with E-state index < -0.39 is 48.6 Å². The number of rotatable bonds is 22. The molecular formula is C38H66N2O16. The lowest BCUT2D eigenvalue weighted by atomic mass is 10.00. The van der Waals surface area contributed by atoms with E-state index in [1.807, 2.05) is 27.7 Å². The van der Waals surface area contributed by atoms with Crippen molar-refractivity contribution in [3.8, 4) is 0 Å². The standard InChI is InChI=1S/2C19H33NO8/c2*1-6-24-13(21)9-8-10-20-12(11-14(22)25-7-2)15-16(23-5)17-18(26-15)28-19(3,4)27-17/h2*12,15-18,20H,6-11H2,1-5H3/t12-,15+,16-,17+,18+;12-,15-,16+,17-,18-/m01/s1. The number of nitrogens with one attached hydrogen (secondary N) is 2. The lowest BCUT2D eigenvalue weighted by Crippen LogP contribution is -2.49. The molecule has 56 heavy (non-hydrogen) atoms. The fourth-order valence-corrected chi connectivity index (χ4v) is 7.11. The lowest BCUT2D eigenvalue weighted by Gasteiger charge is -2.30. The van der Waals surface area contributed by atoms with Gasteiger partial charge in [-0.05, 0) is 81.3 Å². The molecule has 0 aromatic rings. The van der Waals surface area contributed by atoms with Gasteiger partial charge in [-0.15, -0.1) is 0 Å². The Balaban J connectivity index is 0.000000300. The molecule has 4 aliphatic heterocycles. The van der Waals surface area contributed by atoms with Crippen LogP contribution < -0.4 is 10.6 Å². The molecule has 324 valence electrons. The molecule has 0 saturated carbocycles. The van der Waals surface area contributed by atoms with E-state index in [1.165, 1.54) is 0 Å². The summed E-state index contributed by atoms with van der Waals surface area (Å²) in [4.78, 5) is 47.2. The number of hydrogen-bond donors (Lipinski definition) is 2. The summed E-state index contributed by atoms with van der Waals surface area (Å²) >= 11 is 0. The maximum Gasteiger partial charge on any atom is 0.307 e. The number of esters is 4. The zero-order valence-corrected chi connectivity index (χ0v) is 34.8. The number of fused-ring (bicyclic) bond motifs is 2. The summed E-state index contributed by atoms with van der Waals surface area (Å²) in [6, 6.07) is -0.737. The van der Waals surface area contributed by atoms with Crippen LogP contribution in [0.5, 0.6) is 0 Å². The Labute approximate surface area is 330 Å². The van der Waals surface area contributed by atoms with Crippen molar-refractivity contribution in [1.29, 1.82) is 0 Å². The minimum Gasteiger partial charge on any atom is -0.466 e. The van der Waals surface area contributed by atoms with E-state index in [-0.39, 0.29) is 61.0 Å². The molecule has 2 N–H and O–H groups in total. The molecule has 4 aliphatic rings. The molecule has 0 aliphatic carbocycles. The van der Waals surface area contributed by atoms with Gasteiger partial charge in [-0.1, -0.05) is 0 Å². The molecule has 0 radical (unpaired) electrons. The van der Waals surface area contributed by atoms with Crippen molar-refractivity contribution in [3.63, 3.8) is 0 Å². The number of carbonyl (C=O) groups excluding carboxylic acids is 4. The molecular weight excluding hydrogens is 740 g/mol. The highest BCUT2D eigenvalue weighted by Gasteiger charge is 2.58. The van der Waals surface area contributed by atoms with Crippen LogP contribution in [-0.2, 0) is 76.0 Å². The van der Waals surface area contributed by atoms with Crippen molar-refractivity contribution in [3.05, 3.63) is 0 Å². The summed E-state index contributed by atoms with van der Waals surface area (Å²) in [5.41, 5.74) is 0. The molecule has 4 fully saturated rings. The van der Waals surface area contributed by atoms with Gasteiger partial charge in [0.1, 0.15) is 36.6 Å². The fourth-order valence-electron chi connectivity index (χ4n) is 7.11.